The van der Waals surface area contributed by atoms with E-state index in [-0.39, 0.29) is 29.1 Å². The second-order valence-corrected chi connectivity index (χ2v) is 6.29. The van der Waals surface area contributed by atoms with Crippen molar-refractivity contribution in [3.63, 3.8) is 0 Å². The number of nitrogens with zero attached hydrogens (tertiary/aromatic N) is 3. The van der Waals surface area contributed by atoms with Gasteiger partial charge in [0.05, 0.1) is 17.4 Å². The number of esters is 1. The summed E-state index contributed by atoms with van der Waals surface area (Å²) < 4.78 is 31.4. The minimum absolute atomic E-state index is 0.0287. The van der Waals surface area contributed by atoms with Crippen molar-refractivity contribution in [3.8, 4) is 0 Å². The lowest BCUT2D eigenvalue weighted by atomic mass is 9.89. The van der Waals surface area contributed by atoms with Crippen LogP contribution in [0.2, 0.25) is 0 Å². The number of nitro groups is 1. The first-order valence-corrected chi connectivity index (χ1v) is 8.65. The summed E-state index contributed by atoms with van der Waals surface area (Å²) in [4.78, 5) is 30.5. The predicted octanol–water partition coefficient (Wildman–Crippen LogP) is 2.99. The van der Waals surface area contributed by atoms with E-state index in [1.165, 1.54) is 0 Å². The van der Waals surface area contributed by atoms with Gasteiger partial charge in [-0.05, 0) is 31.9 Å². The van der Waals surface area contributed by atoms with E-state index in [2.05, 4.69) is 5.16 Å². The van der Waals surface area contributed by atoms with Gasteiger partial charge < -0.3 is 9.57 Å². The van der Waals surface area contributed by atoms with Crippen molar-refractivity contribution in [2.24, 2.45) is 5.16 Å². The number of oxime groups is 1. The Morgan fingerprint density at radius 3 is 2.74 bits per heavy atom. The zero-order valence-electron chi connectivity index (χ0n) is 14.6. The molecule has 0 aromatic heterocycles. The van der Waals surface area contributed by atoms with E-state index in [1.54, 1.807) is 6.92 Å². The van der Waals surface area contributed by atoms with Crippen molar-refractivity contribution in [1.29, 1.82) is 0 Å². The van der Waals surface area contributed by atoms with Crippen LogP contribution in [0.15, 0.2) is 23.4 Å². The number of alkyl halides is 2. The number of carbonyl (C=O) groups excluding carboxylic acids is 1. The third kappa shape index (κ3) is 3.75. The Labute approximate surface area is 153 Å². The molecule has 2 atom stereocenters. The van der Waals surface area contributed by atoms with Crippen molar-refractivity contribution in [2.45, 2.75) is 38.3 Å². The molecule has 0 saturated carbocycles. The fourth-order valence-electron chi connectivity index (χ4n) is 3.43. The summed E-state index contributed by atoms with van der Waals surface area (Å²) in [5.41, 5.74) is -0.913. The summed E-state index contributed by atoms with van der Waals surface area (Å²) in [5, 5.41) is 15.3. The lowest BCUT2D eigenvalue weighted by Crippen LogP contribution is -2.40. The molecule has 0 amide bonds. The average Bonchev–Trinajstić information content (AvgIpc) is 3.30. The summed E-state index contributed by atoms with van der Waals surface area (Å²) in [6.45, 7) is 3.02. The Morgan fingerprint density at radius 2 is 2.15 bits per heavy atom. The Bertz CT molecular complexity index is 765. The minimum Gasteiger partial charge on any atom is -0.461 e. The Kier molecular flexibility index (Phi) is 5.64. The van der Waals surface area contributed by atoms with Crippen LogP contribution in [0.3, 0.4) is 0 Å². The summed E-state index contributed by atoms with van der Waals surface area (Å²) in [5.74, 6) is -1.76. The van der Waals surface area contributed by atoms with Crippen LogP contribution in [0, 0.1) is 10.1 Å². The van der Waals surface area contributed by atoms with Gasteiger partial charge in [0.2, 0.25) is 0 Å². The highest BCUT2D eigenvalue weighted by Gasteiger charge is 2.46. The fraction of sp³-hybridized carbons (Fsp3) is 0.529. The van der Waals surface area contributed by atoms with Crippen LogP contribution < -0.4 is 0 Å². The van der Waals surface area contributed by atoms with E-state index in [4.69, 9.17) is 9.57 Å². The number of nitro benzene ring substituents is 1. The van der Waals surface area contributed by atoms with Crippen LogP contribution in [-0.2, 0) is 14.4 Å². The molecule has 1 aromatic rings. The molecule has 1 fully saturated rings. The molecule has 27 heavy (non-hydrogen) atoms. The highest BCUT2D eigenvalue weighted by molar-refractivity contribution is 6.39. The number of carbonyl (C=O) groups is 1. The lowest BCUT2D eigenvalue weighted by molar-refractivity contribution is -0.385. The Morgan fingerprint density at radius 1 is 1.44 bits per heavy atom. The van der Waals surface area contributed by atoms with Crippen LogP contribution in [-0.4, -0.2) is 47.4 Å². The first-order chi connectivity index (χ1) is 12.9. The summed E-state index contributed by atoms with van der Waals surface area (Å²) in [6, 6.07) is 3.09. The molecule has 2 aliphatic rings. The molecule has 0 aliphatic carbocycles. The third-order valence-electron chi connectivity index (χ3n) is 4.66. The van der Waals surface area contributed by atoms with Gasteiger partial charge in [0.1, 0.15) is 0 Å². The smallest absolute Gasteiger partial charge is 0.356 e. The molecule has 3 rings (SSSR count). The van der Waals surface area contributed by atoms with E-state index in [0.717, 1.165) is 31.0 Å². The molecule has 10 heteroatoms. The molecule has 0 spiro atoms. The van der Waals surface area contributed by atoms with Crippen LogP contribution >= 0.6 is 0 Å². The van der Waals surface area contributed by atoms with Crippen LogP contribution in [0.1, 0.15) is 43.2 Å². The number of hydrogen-bond acceptors (Lipinski definition) is 7. The predicted molar refractivity (Wildman–Crippen MR) is 90.5 cm³/mol. The quantitative estimate of drug-likeness (QED) is 0.426. The van der Waals surface area contributed by atoms with Gasteiger partial charge in [-0.15, -0.1) is 0 Å². The largest absolute Gasteiger partial charge is 0.461 e. The van der Waals surface area contributed by atoms with Crippen molar-refractivity contribution >= 4 is 17.4 Å². The average molecular weight is 383 g/mol. The monoisotopic (exact) mass is 383 g/mol. The van der Waals surface area contributed by atoms with Gasteiger partial charge in [0.15, 0.2) is 11.9 Å². The maximum atomic E-state index is 13.2. The highest BCUT2D eigenvalue weighted by Crippen LogP contribution is 2.39. The van der Waals surface area contributed by atoms with Crippen molar-refractivity contribution < 1.29 is 28.1 Å². The Hall–Kier alpha value is -2.62. The number of likely N-dealkylation sites (tertiary alicyclic amines) is 1. The molecule has 2 unspecified atom stereocenters. The molecule has 2 heterocycles. The maximum absolute atomic E-state index is 13.2. The van der Waals surface area contributed by atoms with E-state index >= 15 is 0 Å². The van der Waals surface area contributed by atoms with E-state index < -0.39 is 29.5 Å². The van der Waals surface area contributed by atoms with Gasteiger partial charge in [0, 0.05) is 30.3 Å². The van der Waals surface area contributed by atoms with Gasteiger partial charge in [-0.2, -0.15) is 0 Å². The van der Waals surface area contributed by atoms with Gasteiger partial charge in [-0.25, -0.2) is 13.6 Å². The SMILES string of the molecule is CCOC(=O)C1=NOC(N2CCCC2)C1c1cc(C(F)F)ccc1[N+](=O)[O-]. The first kappa shape index (κ1) is 19.2. The highest BCUT2D eigenvalue weighted by atomic mass is 19.3. The second kappa shape index (κ2) is 7.95. The number of ether oxygens (including phenoxy) is 1. The van der Waals surface area contributed by atoms with Gasteiger partial charge in [-0.3, -0.25) is 15.0 Å². The second-order valence-electron chi connectivity index (χ2n) is 6.29. The molecular weight excluding hydrogens is 364 g/mol. The van der Waals surface area contributed by atoms with E-state index in [9.17, 15) is 23.7 Å². The topological polar surface area (TPSA) is 94.3 Å². The first-order valence-electron chi connectivity index (χ1n) is 8.65. The number of hydrogen-bond donors (Lipinski definition) is 0. The molecule has 1 saturated heterocycles. The minimum atomic E-state index is -2.81. The Balaban J connectivity index is 2.09. The summed E-state index contributed by atoms with van der Waals surface area (Å²) in [6.07, 6.45) is -1.78. The molecule has 8 nitrogen and oxygen atoms in total. The van der Waals surface area contributed by atoms with Crippen LogP contribution in [0.5, 0.6) is 0 Å². The molecular formula is C17H19F2N3O5. The fourth-order valence-corrected chi connectivity index (χ4v) is 3.43. The molecule has 0 N–H and O–H groups in total. The van der Waals surface area contributed by atoms with Crippen LogP contribution in [0.4, 0.5) is 14.5 Å². The van der Waals surface area contributed by atoms with E-state index in [0.29, 0.717) is 13.1 Å². The van der Waals surface area contributed by atoms with Gasteiger partial charge in [0.25, 0.3) is 12.1 Å². The maximum Gasteiger partial charge on any atom is 0.356 e. The zero-order chi connectivity index (χ0) is 19.6. The molecule has 146 valence electrons. The lowest BCUT2D eigenvalue weighted by Gasteiger charge is -2.27. The molecule has 0 radical (unpaired) electrons. The number of halogens is 2. The van der Waals surface area contributed by atoms with Crippen molar-refractivity contribution in [3.05, 3.63) is 39.4 Å². The third-order valence-corrected chi connectivity index (χ3v) is 4.66. The van der Waals surface area contributed by atoms with Gasteiger partial charge >= 0.3 is 5.97 Å². The van der Waals surface area contributed by atoms with Crippen molar-refractivity contribution in [1.82, 2.24) is 4.90 Å². The summed E-state index contributed by atoms with van der Waals surface area (Å²) >= 11 is 0. The number of benzene rings is 1. The molecule has 0 bridgehead atoms. The van der Waals surface area contributed by atoms with Crippen LogP contribution in [0.25, 0.3) is 0 Å². The van der Waals surface area contributed by atoms with Crippen molar-refractivity contribution in [2.75, 3.05) is 19.7 Å². The molecule has 1 aromatic carbocycles. The standard InChI is InChI=1S/C17H19F2N3O5/c1-2-26-17(23)14-13(16(27-20-14)21-7-3-4-8-21)11-9-10(15(18)19)5-6-12(11)22(24)25/h5-6,9,13,15-16H,2-4,7-8H2,1H3. The number of rotatable bonds is 6. The van der Waals surface area contributed by atoms with Gasteiger partial charge in [-0.1, -0.05) is 5.16 Å². The normalized spacial score (nSPS) is 22.6. The zero-order valence-corrected chi connectivity index (χ0v) is 14.6. The molecule has 2 aliphatic heterocycles. The van der Waals surface area contributed by atoms with E-state index in [1.807, 2.05) is 4.90 Å². The summed E-state index contributed by atoms with van der Waals surface area (Å²) in [7, 11) is 0.